The van der Waals surface area contributed by atoms with Gasteiger partial charge in [0.2, 0.25) is 11.8 Å². The molecule has 2 aliphatic heterocycles. The molecule has 1 fully saturated rings. The van der Waals surface area contributed by atoms with Gasteiger partial charge in [0.1, 0.15) is 5.41 Å². The van der Waals surface area contributed by atoms with Gasteiger partial charge in [-0.1, -0.05) is 67.9 Å². The first-order valence-corrected chi connectivity index (χ1v) is 13.2. The number of hydrogen-bond donors (Lipinski definition) is 2. The zero-order chi connectivity index (χ0) is 27.7. The van der Waals surface area contributed by atoms with Crippen LogP contribution in [0.2, 0.25) is 5.02 Å². The van der Waals surface area contributed by atoms with Crippen LogP contribution in [0.3, 0.4) is 0 Å². The van der Waals surface area contributed by atoms with Crippen molar-refractivity contribution in [3.8, 4) is 0 Å². The van der Waals surface area contributed by atoms with E-state index in [2.05, 4.69) is 5.10 Å². The Kier molecular flexibility index (Phi) is 7.95. The fourth-order valence-electron chi connectivity index (χ4n) is 5.59. The van der Waals surface area contributed by atoms with E-state index in [9.17, 15) is 19.5 Å². The van der Waals surface area contributed by atoms with Crippen LogP contribution < -0.4 is 5.73 Å². The van der Waals surface area contributed by atoms with E-state index in [1.807, 2.05) is 36.4 Å². The lowest BCUT2D eigenvalue weighted by molar-refractivity contribution is -0.148. The van der Waals surface area contributed by atoms with Gasteiger partial charge >= 0.3 is 0 Å². The molecule has 2 aromatic rings. The molecule has 2 atom stereocenters. The van der Waals surface area contributed by atoms with Crippen LogP contribution in [0.15, 0.2) is 53.6 Å². The molecule has 0 spiro atoms. The third kappa shape index (κ3) is 5.20. The van der Waals surface area contributed by atoms with Gasteiger partial charge < -0.3 is 15.7 Å². The molecule has 0 aromatic heterocycles. The topological polar surface area (TPSA) is 116 Å². The van der Waals surface area contributed by atoms with Crippen LogP contribution in [0.1, 0.15) is 43.4 Å². The zero-order valence-electron chi connectivity index (χ0n) is 22.1. The average molecular weight is 539 g/mol. The summed E-state index contributed by atoms with van der Waals surface area (Å²) in [5.74, 6) is -1.61. The number of aryl methyl sites for hydroxylation is 1. The molecule has 2 aromatic carbocycles. The normalized spacial score (nSPS) is 20.2. The molecule has 3 amide bonds. The number of aliphatic hydroxyl groups excluding tert-OH is 1. The van der Waals surface area contributed by atoms with Crippen molar-refractivity contribution in [1.29, 1.82) is 0 Å². The lowest BCUT2D eigenvalue weighted by Gasteiger charge is -2.42. The van der Waals surface area contributed by atoms with E-state index >= 15 is 0 Å². The Labute approximate surface area is 228 Å². The summed E-state index contributed by atoms with van der Waals surface area (Å²) in [5, 5.41) is 15.8. The standard InChI is InChI=1S/C29H35ClN4O4/c1-28(2,26(31)37)22(12-11-21-10-9-20(17-35)15-23(21)30)25(36)34-14-13-24-29(18-34,27(38)33(3)32-24)16-19-7-5-4-6-8-19/h4-10,15,22,35H,11-14,16-18H2,1-3H3,(H2,31,37)/t22-,29+/m0/s1. The Bertz CT molecular complexity index is 1260. The summed E-state index contributed by atoms with van der Waals surface area (Å²) in [4.78, 5) is 41.8. The van der Waals surface area contributed by atoms with Crippen LogP contribution in [0.4, 0.5) is 0 Å². The summed E-state index contributed by atoms with van der Waals surface area (Å²) in [6, 6.07) is 15.1. The highest BCUT2D eigenvalue weighted by Gasteiger charge is 2.54. The monoisotopic (exact) mass is 538 g/mol. The van der Waals surface area contributed by atoms with Gasteiger partial charge in [0.05, 0.1) is 23.7 Å². The highest BCUT2D eigenvalue weighted by atomic mass is 35.5. The number of hydrogen-bond acceptors (Lipinski definition) is 5. The summed E-state index contributed by atoms with van der Waals surface area (Å²) in [5.41, 5.74) is 7.04. The Hall–Kier alpha value is -3.23. The molecular formula is C29H35ClN4O4. The molecule has 0 bridgehead atoms. The molecule has 2 heterocycles. The number of hydrazone groups is 1. The van der Waals surface area contributed by atoms with Crippen molar-refractivity contribution in [2.24, 2.45) is 27.6 Å². The zero-order valence-corrected chi connectivity index (χ0v) is 22.9. The summed E-state index contributed by atoms with van der Waals surface area (Å²) in [6.45, 7) is 3.88. The molecule has 8 nitrogen and oxygen atoms in total. The molecule has 0 saturated carbocycles. The number of aliphatic hydroxyl groups is 1. The van der Waals surface area contributed by atoms with Gasteiger partial charge in [-0.25, -0.2) is 5.01 Å². The fraction of sp³-hybridized carbons (Fsp3) is 0.448. The van der Waals surface area contributed by atoms with Gasteiger partial charge in [-0.15, -0.1) is 0 Å². The van der Waals surface area contributed by atoms with Crippen LogP contribution in [0.5, 0.6) is 0 Å². The molecule has 0 unspecified atom stereocenters. The summed E-state index contributed by atoms with van der Waals surface area (Å²) >= 11 is 6.43. The van der Waals surface area contributed by atoms with Gasteiger partial charge in [-0.3, -0.25) is 14.4 Å². The number of halogens is 1. The largest absolute Gasteiger partial charge is 0.392 e. The van der Waals surface area contributed by atoms with Crippen molar-refractivity contribution < 1.29 is 19.5 Å². The van der Waals surface area contributed by atoms with E-state index < -0.39 is 22.7 Å². The van der Waals surface area contributed by atoms with Crippen LogP contribution in [-0.4, -0.2) is 58.6 Å². The molecule has 4 rings (SSSR count). The van der Waals surface area contributed by atoms with Crippen LogP contribution in [0.25, 0.3) is 0 Å². The molecule has 2 aliphatic rings. The SMILES string of the molecule is CN1N=C2CCN(C(=O)[C@H](CCc3ccc(CO)cc3Cl)C(C)(C)C(N)=O)C[C@@]2(Cc2ccccc2)C1=O. The van der Waals surface area contributed by atoms with Crippen molar-refractivity contribution in [3.05, 3.63) is 70.2 Å². The number of primary amides is 1. The molecule has 0 radical (unpaired) electrons. The number of piperidine rings is 1. The Morgan fingerprint density at radius 1 is 1.18 bits per heavy atom. The average Bonchev–Trinajstić information content (AvgIpc) is 3.14. The number of nitrogens with two attached hydrogens (primary N) is 1. The number of likely N-dealkylation sites (tertiary alicyclic amines) is 1. The van der Waals surface area contributed by atoms with E-state index in [4.69, 9.17) is 17.3 Å². The van der Waals surface area contributed by atoms with E-state index in [-0.39, 0.29) is 25.0 Å². The Balaban J connectivity index is 1.62. The van der Waals surface area contributed by atoms with Crippen LogP contribution >= 0.6 is 11.6 Å². The first-order valence-electron chi connectivity index (χ1n) is 12.9. The molecule has 38 heavy (non-hydrogen) atoms. The van der Waals surface area contributed by atoms with Gasteiger partial charge in [0.15, 0.2) is 0 Å². The van der Waals surface area contributed by atoms with Crippen LogP contribution in [-0.2, 0) is 33.8 Å². The van der Waals surface area contributed by atoms with Crippen molar-refractivity contribution in [2.75, 3.05) is 20.1 Å². The number of amides is 3. The van der Waals surface area contributed by atoms with E-state index in [1.54, 1.807) is 37.9 Å². The highest BCUT2D eigenvalue weighted by molar-refractivity contribution is 6.31. The minimum Gasteiger partial charge on any atom is -0.392 e. The number of carbonyl (C=O) groups is 3. The maximum atomic E-state index is 14.1. The second-order valence-corrected chi connectivity index (χ2v) is 11.3. The van der Waals surface area contributed by atoms with Gasteiger partial charge in [0, 0.05) is 31.6 Å². The van der Waals surface area contributed by atoms with E-state index in [1.165, 1.54) is 5.01 Å². The van der Waals surface area contributed by atoms with Crippen molar-refractivity contribution in [1.82, 2.24) is 9.91 Å². The minimum absolute atomic E-state index is 0.116. The Morgan fingerprint density at radius 3 is 2.53 bits per heavy atom. The number of carbonyl (C=O) groups excluding carboxylic acids is 3. The maximum Gasteiger partial charge on any atom is 0.256 e. The highest BCUT2D eigenvalue weighted by Crippen LogP contribution is 2.40. The molecule has 202 valence electrons. The number of rotatable bonds is 9. The second-order valence-electron chi connectivity index (χ2n) is 10.9. The van der Waals surface area contributed by atoms with Crippen molar-refractivity contribution in [3.63, 3.8) is 0 Å². The molecule has 9 heteroatoms. The van der Waals surface area contributed by atoms with E-state index in [0.29, 0.717) is 42.8 Å². The third-order valence-electron chi connectivity index (χ3n) is 8.07. The fourth-order valence-corrected chi connectivity index (χ4v) is 5.89. The number of benzene rings is 2. The number of fused-ring (bicyclic) bond motifs is 1. The first kappa shape index (κ1) is 27.8. The quantitative estimate of drug-likeness (QED) is 0.510. The summed E-state index contributed by atoms with van der Waals surface area (Å²) in [6.07, 6.45) is 1.72. The summed E-state index contributed by atoms with van der Waals surface area (Å²) in [7, 11) is 1.65. The smallest absolute Gasteiger partial charge is 0.256 e. The summed E-state index contributed by atoms with van der Waals surface area (Å²) < 4.78 is 0. The van der Waals surface area contributed by atoms with Crippen LogP contribution in [0, 0.1) is 16.7 Å². The molecule has 0 aliphatic carbocycles. The van der Waals surface area contributed by atoms with E-state index in [0.717, 1.165) is 16.8 Å². The minimum atomic E-state index is -1.12. The lowest BCUT2D eigenvalue weighted by atomic mass is 9.71. The van der Waals surface area contributed by atoms with Gasteiger partial charge in [0.25, 0.3) is 5.91 Å². The third-order valence-corrected chi connectivity index (χ3v) is 8.42. The first-order chi connectivity index (χ1) is 18.0. The van der Waals surface area contributed by atoms with Crippen molar-refractivity contribution >= 4 is 35.0 Å². The molecular weight excluding hydrogens is 504 g/mol. The second kappa shape index (κ2) is 10.9. The molecule has 1 saturated heterocycles. The molecule has 3 N–H and O–H groups in total. The lowest BCUT2D eigenvalue weighted by Crippen LogP contribution is -2.58. The van der Waals surface area contributed by atoms with Crippen molar-refractivity contribution in [2.45, 2.75) is 46.1 Å². The van der Waals surface area contributed by atoms with Gasteiger partial charge in [-0.2, -0.15) is 5.10 Å². The Morgan fingerprint density at radius 2 is 1.89 bits per heavy atom. The number of nitrogens with zero attached hydrogens (tertiary/aromatic N) is 3. The maximum absolute atomic E-state index is 14.1. The predicted octanol–water partition coefficient (Wildman–Crippen LogP) is 3.18. The van der Waals surface area contributed by atoms with Gasteiger partial charge in [-0.05, 0) is 42.0 Å². The predicted molar refractivity (Wildman–Crippen MR) is 146 cm³/mol.